The van der Waals surface area contributed by atoms with Crippen molar-refractivity contribution < 1.29 is 27.9 Å². The maximum absolute atomic E-state index is 12.6. The van der Waals surface area contributed by atoms with Gasteiger partial charge >= 0.3 is 5.97 Å². The molecule has 1 aliphatic heterocycles. The number of nitrogens with zero attached hydrogens (tertiary/aromatic N) is 1. The Morgan fingerprint density at radius 3 is 2.50 bits per heavy atom. The number of methoxy groups -OCH3 is 1. The van der Waals surface area contributed by atoms with Crippen molar-refractivity contribution in [2.24, 2.45) is 5.92 Å². The van der Waals surface area contributed by atoms with Crippen LogP contribution in [0.2, 0.25) is 0 Å². The molecule has 1 heterocycles. The van der Waals surface area contributed by atoms with E-state index in [-0.39, 0.29) is 30.0 Å². The van der Waals surface area contributed by atoms with Gasteiger partial charge < -0.3 is 14.7 Å². The molecule has 8 heteroatoms. The van der Waals surface area contributed by atoms with Crippen LogP contribution in [0.15, 0.2) is 24.3 Å². The van der Waals surface area contributed by atoms with Gasteiger partial charge in [-0.05, 0) is 30.0 Å². The quantitative estimate of drug-likeness (QED) is 0.846. The van der Waals surface area contributed by atoms with Crippen LogP contribution in [0.25, 0.3) is 0 Å². The lowest BCUT2D eigenvalue weighted by Crippen LogP contribution is -2.55. The molecule has 0 radical (unpaired) electrons. The van der Waals surface area contributed by atoms with Gasteiger partial charge in [0.15, 0.2) is 9.84 Å². The van der Waals surface area contributed by atoms with Crippen LogP contribution >= 0.6 is 0 Å². The number of carboxylic acid groups (broad SMARTS) is 1. The van der Waals surface area contributed by atoms with Gasteiger partial charge in [-0.1, -0.05) is 12.1 Å². The summed E-state index contributed by atoms with van der Waals surface area (Å²) >= 11 is 0. The fourth-order valence-corrected chi connectivity index (χ4v) is 4.62. The monoisotopic (exact) mass is 353 g/mol. The van der Waals surface area contributed by atoms with Crippen molar-refractivity contribution >= 4 is 21.7 Å². The number of hydrogen-bond acceptors (Lipinski definition) is 5. The first-order chi connectivity index (χ1) is 11.3. The number of benzene rings is 1. The topological polar surface area (TPSA) is 101 Å². The fourth-order valence-electron chi connectivity index (χ4n) is 3.18. The van der Waals surface area contributed by atoms with Crippen molar-refractivity contribution in [1.82, 2.24) is 4.90 Å². The first kappa shape index (κ1) is 16.8. The van der Waals surface area contributed by atoms with Crippen LogP contribution in [0.3, 0.4) is 0 Å². The third kappa shape index (κ3) is 3.24. The molecule has 0 bridgehead atoms. The number of carboxylic acids is 1. The minimum Gasteiger partial charge on any atom is -0.497 e. The Morgan fingerprint density at radius 1 is 1.25 bits per heavy atom. The molecule has 3 atom stereocenters. The molecule has 1 saturated heterocycles. The summed E-state index contributed by atoms with van der Waals surface area (Å²) < 4.78 is 28.4. The highest BCUT2D eigenvalue weighted by Crippen LogP contribution is 2.49. The molecule has 2 fully saturated rings. The lowest BCUT2D eigenvalue weighted by molar-refractivity contribution is -0.149. The molecule has 1 aromatic rings. The van der Waals surface area contributed by atoms with Gasteiger partial charge in [-0.15, -0.1) is 0 Å². The Hall–Kier alpha value is -2.09. The second-order valence-corrected chi connectivity index (χ2v) is 8.45. The maximum atomic E-state index is 12.6. The molecule has 1 saturated carbocycles. The third-order valence-corrected chi connectivity index (χ3v) is 6.28. The highest BCUT2D eigenvalue weighted by molar-refractivity contribution is 7.91. The van der Waals surface area contributed by atoms with Crippen LogP contribution in [-0.4, -0.2) is 61.5 Å². The van der Waals surface area contributed by atoms with E-state index in [0.717, 1.165) is 11.3 Å². The first-order valence-corrected chi connectivity index (χ1v) is 9.52. The second kappa shape index (κ2) is 6.08. The number of rotatable bonds is 4. The predicted molar refractivity (Wildman–Crippen MR) is 85.6 cm³/mol. The number of carbonyl (C=O) groups is 2. The summed E-state index contributed by atoms with van der Waals surface area (Å²) in [6.07, 6.45) is 0.654. The summed E-state index contributed by atoms with van der Waals surface area (Å²) in [5.41, 5.74) is 1.01. The van der Waals surface area contributed by atoms with Gasteiger partial charge in [-0.2, -0.15) is 0 Å². The van der Waals surface area contributed by atoms with Gasteiger partial charge in [-0.25, -0.2) is 13.2 Å². The smallest absolute Gasteiger partial charge is 0.327 e. The summed E-state index contributed by atoms with van der Waals surface area (Å²) in [5, 5.41) is 9.26. The molecular weight excluding hydrogens is 334 g/mol. The van der Waals surface area contributed by atoms with E-state index in [9.17, 15) is 23.1 Å². The molecule has 0 spiro atoms. The third-order valence-electron chi connectivity index (χ3n) is 4.65. The van der Waals surface area contributed by atoms with Gasteiger partial charge in [0.05, 0.1) is 18.6 Å². The SMILES string of the molecule is COc1ccc([C@@H]2C[C@H]2C(=O)N2CCS(=O)(=O)CC2C(=O)O)cc1. The molecular formula is C16H19NO6S. The molecule has 0 aromatic heterocycles. The van der Waals surface area contributed by atoms with E-state index in [2.05, 4.69) is 0 Å². The zero-order valence-corrected chi connectivity index (χ0v) is 14.0. The molecule has 2 aliphatic rings. The molecule has 1 N–H and O–H groups in total. The molecule has 3 rings (SSSR count). The Balaban J connectivity index is 1.71. The molecule has 1 aromatic carbocycles. The van der Waals surface area contributed by atoms with Crippen molar-refractivity contribution in [2.45, 2.75) is 18.4 Å². The van der Waals surface area contributed by atoms with E-state index in [1.807, 2.05) is 24.3 Å². The zero-order chi connectivity index (χ0) is 17.5. The second-order valence-electron chi connectivity index (χ2n) is 6.22. The lowest BCUT2D eigenvalue weighted by Gasteiger charge is -2.33. The van der Waals surface area contributed by atoms with Gasteiger partial charge in [0, 0.05) is 12.5 Å². The standard InChI is InChI=1S/C16H19NO6S/c1-23-11-4-2-10(3-5-11)12-8-13(12)15(18)17-6-7-24(21,22)9-14(17)16(19)20/h2-5,12-14H,6-9H2,1H3,(H,19,20)/t12-,13+,14?/m0/s1. The summed E-state index contributed by atoms with van der Waals surface area (Å²) in [6.45, 7) is -0.0516. The first-order valence-electron chi connectivity index (χ1n) is 7.70. The van der Waals surface area contributed by atoms with Crippen molar-refractivity contribution in [3.8, 4) is 5.75 Å². The molecule has 1 aliphatic carbocycles. The Kier molecular flexibility index (Phi) is 4.25. The number of sulfone groups is 1. The number of amides is 1. The minimum atomic E-state index is -3.41. The van der Waals surface area contributed by atoms with E-state index >= 15 is 0 Å². The fraction of sp³-hybridized carbons (Fsp3) is 0.500. The normalized spacial score (nSPS) is 28.2. The molecule has 7 nitrogen and oxygen atoms in total. The van der Waals surface area contributed by atoms with Crippen molar-refractivity contribution in [3.05, 3.63) is 29.8 Å². The van der Waals surface area contributed by atoms with E-state index in [0.29, 0.717) is 6.42 Å². The van der Waals surface area contributed by atoms with Crippen LogP contribution in [0.5, 0.6) is 5.75 Å². The van der Waals surface area contributed by atoms with Crippen LogP contribution in [-0.2, 0) is 19.4 Å². The van der Waals surface area contributed by atoms with Crippen LogP contribution in [0.4, 0.5) is 0 Å². The highest BCUT2D eigenvalue weighted by atomic mass is 32.2. The van der Waals surface area contributed by atoms with Gasteiger partial charge in [0.2, 0.25) is 5.91 Å². The number of hydrogen-bond donors (Lipinski definition) is 1. The van der Waals surface area contributed by atoms with Crippen molar-refractivity contribution in [3.63, 3.8) is 0 Å². The van der Waals surface area contributed by atoms with E-state index in [4.69, 9.17) is 4.74 Å². The summed E-state index contributed by atoms with van der Waals surface area (Å²) in [6, 6.07) is 6.15. The lowest BCUT2D eigenvalue weighted by atomic mass is 10.1. The highest BCUT2D eigenvalue weighted by Gasteiger charge is 2.49. The molecule has 1 unspecified atom stereocenters. The van der Waals surface area contributed by atoms with Gasteiger partial charge in [-0.3, -0.25) is 4.79 Å². The Bertz CT molecular complexity index is 757. The average Bonchev–Trinajstić information content (AvgIpc) is 3.34. The summed E-state index contributed by atoms with van der Waals surface area (Å²) in [4.78, 5) is 25.2. The molecule has 1 amide bonds. The number of aliphatic carboxylic acids is 1. The number of ether oxygens (including phenoxy) is 1. The maximum Gasteiger partial charge on any atom is 0.327 e. The number of carbonyl (C=O) groups excluding carboxylic acids is 1. The Morgan fingerprint density at radius 2 is 1.92 bits per heavy atom. The minimum absolute atomic E-state index is 0.0516. The summed E-state index contributed by atoms with van der Waals surface area (Å²) in [5.74, 6) is -1.71. The van der Waals surface area contributed by atoms with Crippen LogP contribution in [0, 0.1) is 5.92 Å². The van der Waals surface area contributed by atoms with E-state index in [1.54, 1.807) is 7.11 Å². The zero-order valence-electron chi connectivity index (χ0n) is 13.2. The van der Waals surface area contributed by atoms with Crippen LogP contribution in [0.1, 0.15) is 17.9 Å². The molecule has 130 valence electrons. The summed E-state index contributed by atoms with van der Waals surface area (Å²) in [7, 11) is -1.83. The van der Waals surface area contributed by atoms with Gasteiger partial charge in [0.25, 0.3) is 0 Å². The van der Waals surface area contributed by atoms with Crippen LogP contribution < -0.4 is 4.74 Å². The van der Waals surface area contributed by atoms with E-state index in [1.165, 1.54) is 4.90 Å². The van der Waals surface area contributed by atoms with Crippen molar-refractivity contribution in [1.29, 1.82) is 0 Å². The molecule has 24 heavy (non-hydrogen) atoms. The van der Waals surface area contributed by atoms with Crippen molar-refractivity contribution in [2.75, 3.05) is 25.2 Å². The van der Waals surface area contributed by atoms with E-state index < -0.39 is 27.6 Å². The Labute approximate surface area is 140 Å². The van der Waals surface area contributed by atoms with Gasteiger partial charge in [0.1, 0.15) is 11.8 Å². The predicted octanol–water partition coefficient (Wildman–Crippen LogP) is 0.509. The average molecular weight is 353 g/mol. The largest absolute Gasteiger partial charge is 0.497 e.